The minimum atomic E-state index is -0.978. The van der Waals surface area contributed by atoms with Crippen LogP contribution in [-0.4, -0.2) is 38.8 Å². The maximum Gasteiger partial charge on any atom is 0.286 e. The molecule has 3 aliphatic rings. The van der Waals surface area contributed by atoms with Crippen LogP contribution in [0.3, 0.4) is 0 Å². The first-order chi connectivity index (χ1) is 21.2. The molecular formula is C37H39NO6S. The topological polar surface area (TPSA) is 94.1 Å². The van der Waals surface area contributed by atoms with E-state index in [4.69, 9.17) is 14.2 Å². The number of hydrogen-bond acceptors (Lipinski definition) is 7. The highest BCUT2D eigenvalue weighted by molar-refractivity contribution is 8.15. The first-order valence-corrected chi connectivity index (χ1v) is 16.1. The van der Waals surface area contributed by atoms with Crippen molar-refractivity contribution in [3.05, 3.63) is 92.6 Å². The summed E-state index contributed by atoms with van der Waals surface area (Å²) in [6, 6.07) is 9.78. The third kappa shape index (κ3) is 5.29. The zero-order valence-corrected chi connectivity index (χ0v) is 27.8. The molecule has 0 radical (unpaired) electrons. The summed E-state index contributed by atoms with van der Waals surface area (Å²) in [5.74, 6) is 2.18. The third-order valence-electron chi connectivity index (χ3n) is 9.51. The molecule has 2 N–H and O–H groups in total. The van der Waals surface area contributed by atoms with E-state index >= 15 is 0 Å². The van der Waals surface area contributed by atoms with Gasteiger partial charge in [0.05, 0.1) is 5.25 Å². The summed E-state index contributed by atoms with van der Waals surface area (Å²) in [6.45, 7) is 16.0. The minimum Gasteiger partial charge on any atom is -0.507 e. The first kappa shape index (κ1) is 30.8. The predicted octanol–water partition coefficient (Wildman–Crippen LogP) is 7.61. The molecule has 0 spiro atoms. The zero-order valence-electron chi connectivity index (χ0n) is 27.0. The van der Waals surface area contributed by atoms with E-state index in [1.54, 1.807) is 0 Å². The summed E-state index contributed by atoms with van der Waals surface area (Å²) in [7, 11) is 0. The van der Waals surface area contributed by atoms with E-state index in [9.17, 15) is 14.7 Å². The van der Waals surface area contributed by atoms with Crippen molar-refractivity contribution in [1.82, 2.24) is 5.32 Å². The Labute approximate surface area is 268 Å². The lowest BCUT2D eigenvalue weighted by Crippen LogP contribution is -2.61. The summed E-state index contributed by atoms with van der Waals surface area (Å²) in [5, 5.41) is 12.3. The SMILES string of the molecule is Cc1cc(C)c2c(c1C)OC(C)(C(Oc1ccc(CC3SC(=O)NC3=O)cc1)C1(C)C=Cc3c(C)c(O)c(C)c(C)c3O1)C=C2. The first-order valence-electron chi connectivity index (χ1n) is 15.2. The molecule has 1 saturated heterocycles. The molecule has 234 valence electrons. The van der Waals surface area contributed by atoms with Crippen LogP contribution in [0, 0.1) is 41.5 Å². The fourth-order valence-corrected chi connectivity index (χ4v) is 7.40. The van der Waals surface area contributed by atoms with Gasteiger partial charge in [-0.1, -0.05) is 42.1 Å². The Morgan fingerprint density at radius 1 is 0.844 bits per heavy atom. The van der Waals surface area contributed by atoms with Crippen molar-refractivity contribution in [3.8, 4) is 23.0 Å². The van der Waals surface area contributed by atoms with Crippen LogP contribution < -0.4 is 19.5 Å². The van der Waals surface area contributed by atoms with Gasteiger partial charge in [-0.15, -0.1) is 0 Å². The molecule has 2 amide bonds. The van der Waals surface area contributed by atoms with E-state index < -0.39 is 22.6 Å². The smallest absolute Gasteiger partial charge is 0.286 e. The van der Waals surface area contributed by atoms with Gasteiger partial charge in [0.25, 0.3) is 5.24 Å². The zero-order chi connectivity index (χ0) is 32.4. The second-order valence-electron chi connectivity index (χ2n) is 12.8. The van der Waals surface area contributed by atoms with Gasteiger partial charge in [-0.05, 0) is 119 Å². The van der Waals surface area contributed by atoms with Crippen LogP contribution in [0.1, 0.15) is 63.9 Å². The van der Waals surface area contributed by atoms with Crippen LogP contribution in [0.15, 0.2) is 42.5 Å². The third-order valence-corrected chi connectivity index (χ3v) is 10.5. The molecule has 1 fully saturated rings. The van der Waals surface area contributed by atoms with E-state index in [2.05, 4.69) is 44.3 Å². The van der Waals surface area contributed by atoms with Crippen LogP contribution in [0.25, 0.3) is 12.2 Å². The van der Waals surface area contributed by atoms with Gasteiger partial charge in [0.15, 0.2) is 17.3 Å². The molecule has 3 aromatic rings. The molecule has 4 atom stereocenters. The van der Waals surface area contributed by atoms with Gasteiger partial charge in [0.1, 0.15) is 23.0 Å². The van der Waals surface area contributed by atoms with E-state index in [0.29, 0.717) is 17.9 Å². The van der Waals surface area contributed by atoms with Crippen molar-refractivity contribution in [2.24, 2.45) is 0 Å². The maximum absolute atomic E-state index is 12.1. The number of rotatable bonds is 6. The molecule has 4 unspecified atom stereocenters. The van der Waals surface area contributed by atoms with Crippen LogP contribution in [0.4, 0.5) is 4.79 Å². The molecule has 3 aliphatic heterocycles. The number of phenolic OH excluding ortho intramolecular Hbond substituents is 1. The van der Waals surface area contributed by atoms with Gasteiger partial charge in [-0.25, -0.2) is 0 Å². The number of carbonyl (C=O) groups is 2. The molecule has 7 nitrogen and oxygen atoms in total. The summed E-state index contributed by atoms with van der Waals surface area (Å²) in [4.78, 5) is 23.8. The highest BCUT2D eigenvalue weighted by Crippen LogP contribution is 2.47. The van der Waals surface area contributed by atoms with Crippen molar-refractivity contribution in [3.63, 3.8) is 0 Å². The van der Waals surface area contributed by atoms with E-state index in [1.807, 2.05) is 71.0 Å². The molecule has 0 saturated carbocycles. The number of phenols is 1. The summed E-state index contributed by atoms with van der Waals surface area (Å²) >= 11 is 1.02. The van der Waals surface area contributed by atoms with Gasteiger partial charge < -0.3 is 19.3 Å². The standard InChI is InChI=1S/C37H39NO6S/c1-19-17-20(2)27-13-15-36(7,43-31(27)21(19)3)34(37(8)16-14-28-24(6)30(39)22(4)23(5)32(28)44-37)42-26-11-9-25(10-12-26)18-29-33(40)38-35(41)45-29/h9-17,29,34,39H,18H2,1-8H3,(H,38,40,41). The average molecular weight is 626 g/mol. The Hall–Kier alpha value is -4.17. The molecule has 3 heterocycles. The maximum atomic E-state index is 12.1. The number of aromatic hydroxyl groups is 1. The van der Waals surface area contributed by atoms with E-state index in [1.165, 1.54) is 0 Å². The number of fused-ring (bicyclic) bond motifs is 2. The van der Waals surface area contributed by atoms with Gasteiger partial charge in [0, 0.05) is 16.7 Å². The monoisotopic (exact) mass is 625 g/mol. The Bertz CT molecular complexity index is 1810. The van der Waals surface area contributed by atoms with Crippen molar-refractivity contribution in [2.45, 2.75) is 84.4 Å². The largest absolute Gasteiger partial charge is 0.507 e. The predicted molar refractivity (Wildman–Crippen MR) is 179 cm³/mol. The Balaban J connectivity index is 1.39. The lowest BCUT2D eigenvalue weighted by Gasteiger charge is -2.47. The number of aryl methyl sites for hydroxylation is 2. The molecule has 0 aromatic heterocycles. The molecular weight excluding hydrogens is 586 g/mol. The van der Waals surface area contributed by atoms with Crippen molar-refractivity contribution in [2.75, 3.05) is 0 Å². The number of carbonyl (C=O) groups excluding carboxylic acids is 2. The molecule has 0 bridgehead atoms. The van der Waals surface area contributed by atoms with E-state index in [-0.39, 0.29) is 16.9 Å². The highest BCUT2D eigenvalue weighted by atomic mass is 32.2. The van der Waals surface area contributed by atoms with Crippen molar-refractivity contribution < 1.29 is 28.9 Å². The van der Waals surface area contributed by atoms with Gasteiger partial charge >= 0.3 is 0 Å². The van der Waals surface area contributed by atoms with Crippen LogP contribution in [0.5, 0.6) is 23.0 Å². The molecule has 6 rings (SSSR count). The van der Waals surface area contributed by atoms with Crippen LogP contribution >= 0.6 is 11.8 Å². The van der Waals surface area contributed by atoms with Gasteiger partial charge in [-0.2, -0.15) is 0 Å². The number of imide groups is 1. The number of thioether (sulfide) groups is 1. The van der Waals surface area contributed by atoms with Gasteiger partial charge in [-0.3, -0.25) is 14.9 Å². The fourth-order valence-electron chi connectivity index (χ4n) is 6.54. The molecule has 0 aliphatic carbocycles. The van der Waals surface area contributed by atoms with Crippen LogP contribution in [0.2, 0.25) is 0 Å². The summed E-state index contributed by atoms with van der Waals surface area (Å²) < 4.78 is 20.7. The summed E-state index contributed by atoms with van der Waals surface area (Å²) in [6.07, 6.45) is 7.96. The van der Waals surface area contributed by atoms with Gasteiger partial charge in [0.2, 0.25) is 5.91 Å². The minimum absolute atomic E-state index is 0.260. The summed E-state index contributed by atoms with van der Waals surface area (Å²) in [5.41, 5.74) is 6.71. The number of nitrogens with one attached hydrogen (secondary N) is 1. The Morgan fingerprint density at radius 2 is 1.44 bits per heavy atom. The van der Waals surface area contributed by atoms with Crippen LogP contribution in [-0.2, 0) is 11.2 Å². The van der Waals surface area contributed by atoms with Crippen molar-refractivity contribution >= 4 is 35.1 Å². The normalized spacial score (nSPS) is 24.0. The highest BCUT2D eigenvalue weighted by Gasteiger charge is 2.52. The second-order valence-corrected chi connectivity index (χ2v) is 14.0. The number of ether oxygens (including phenoxy) is 3. The number of hydrogen-bond donors (Lipinski definition) is 2. The fraction of sp³-hybridized carbons (Fsp3) is 0.351. The molecule has 45 heavy (non-hydrogen) atoms. The quantitative estimate of drug-likeness (QED) is 0.291. The Kier molecular flexibility index (Phi) is 7.55. The lowest BCUT2D eigenvalue weighted by molar-refractivity contribution is -0.118. The molecule has 3 aromatic carbocycles. The van der Waals surface area contributed by atoms with E-state index in [0.717, 1.165) is 67.6 Å². The van der Waals surface area contributed by atoms with Crippen molar-refractivity contribution in [1.29, 1.82) is 0 Å². The lowest BCUT2D eigenvalue weighted by atomic mass is 9.80. The number of benzene rings is 3. The average Bonchev–Trinajstić information content (AvgIpc) is 3.32. The number of amides is 2. The molecule has 8 heteroatoms. The Morgan fingerprint density at radius 3 is 2.04 bits per heavy atom. The second kappa shape index (κ2) is 11.0.